The van der Waals surface area contributed by atoms with Crippen LogP contribution in [0.4, 0.5) is 0 Å². The van der Waals surface area contributed by atoms with Crippen LogP contribution in [-0.2, 0) is 0 Å². The first-order valence-corrected chi connectivity index (χ1v) is 8.40. The molecule has 1 amide bonds. The van der Waals surface area contributed by atoms with Crippen molar-refractivity contribution in [3.8, 4) is 28.5 Å². The fourth-order valence-electron chi connectivity index (χ4n) is 2.59. The predicted octanol–water partition coefficient (Wildman–Crippen LogP) is 2.87. The summed E-state index contributed by atoms with van der Waals surface area (Å²) < 4.78 is 15.7. The van der Waals surface area contributed by atoms with Gasteiger partial charge >= 0.3 is 0 Å². The van der Waals surface area contributed by atoms with E-state index in [1.807, 2.05) is 24.3 Å². The van der Waals surface area contributed by atoms with Crippen molar-refractivity contribution in [3.63, 3.8) is 0 Å². The van der Waals surface area contributed by atoms with Gasteiger partial charge in [-0.25, -0.2) is 5.43 Å². The van der Waals surface area contributed by atoms with E-state index in [4.69, 9.17) is 14.2 Å². The van der Waals surface area contributed by atoms with Gasteiger partial charge in [0.1, 0.15) is 11.4 Å². The van der Waals surface area contributed by atoms with Crippen LogP contribution in [0.1, 0.15) is 16.1 Å². The van der Waals surface area contributed by atoms with Crippen molar-refractivity contribution in [2.45, 2.75) is 0 Å². The fraction of sp³-hybridized carbons (Fsp3) is 0.150. The molecule has 0 fully saturated rings. The Hall–Kier alpha value is -3.81. The summed E-state index contributed by atoms with van der Waals surface area (Å²) in [5.41, 5.74) is 4.88. The summed E-state index contributed by atoms with van der Waals surface area (Å²) in [5.74, 6) is 1.45. The number of hydrogen-bond acceptors (Lipinski definition) is 6. The SMILES string of the molecule is COc1ccc(/C=N/NC(=O)c2cc(-c3ccccc3OC)n[nH]2)cc1OC. The van der Waals surface area contributed by atoms with E-state index in [1.165, 1.54) is 6.21 Å². The second-order valence-corrected chi connectivity index (χ2v) is 5.68. The lowest BCUT2D eigenvalue weighted by Crippen LogP contribution is -2.18. The molecule has 0 saturated carbocycles. The maximum Gasteiger partial charge on any atom is 0.289 e. The minimum Gasteiger partial charge on any atom is -0.496 e. The molecule has 3 rings (SSSR count). The van der Waals surface area contributed by atoms with Gasteiger partial charge in [0.2, 0.25) is 0 Å². The summed E-state index contributed by atoms with van der Waals surface area (Å²) >= 11 is 0. The molecule has 0 bridgehead atoms. The Bertz CT molecular complexity index is 997. The summed E-state index contributed by atoms with van der Waals surface area (Å²) in [6, 6.07) is 14.4. The highest BCUT2D eigenvalue weighted by Gasteiger charge is 2.13. The number of rotatable bonds is 7. The molecule has 0 atom stereocenters. The van der Waals surface area contributed by atoms with Gasteiger partial charge < -0.3 is 14.2 Å². The van der Waals surface area contributed by atoms with Crippen LogP contribution in [-0.4, -0.2) is 43.6 Å². The zero-order chi connectivity index (χ0) is 19.9. The molecular weight excluding hydrogens is 360 g/mol. The molecule has 1 heterocycles. The summed E-state index contributed by atoms with van der Waals surface area (Å²) in [4.78, 5) is 12.3. The second-order valence-electron chi connectivity index (χ2n) is 5.68. The van der Waals surface area contributed by atoms with Gasteiger partial charge in [0, 0.05) is 5.56 Å². The van der Waals surface area contributed by atoms with E-state index in [1.54, 1.807) is 45.6 Å². The van der Waals surface area contributed by atoms with Crippen LogP contribution in [0.3, 0.4) is 0 Å². The van der Waals surface area contributed by atoms with E-state index in [2.05, 4.69) is 20.7 Å². The summed E-state index contributed by atoms with van der Waals surface area (Å²) in [6.45, 7) is 0. The van der Waals surface area contributed by atoms with Crippen LogP contribution in [0.2, 0.25) is 0 Å². The molecular formula is C20H20N4O4. The van der Waals surface area contributed by atoms with Crippen LogP contribution in [0.15, 0.2) is 53.6 Å². The molecule has 0 spiro atoms. The highest BCUT2D eigenvalue weighted by molar-refractivity contribution is 5.94. The lowest BCUT2D eigenvalue weighted by molar-refractivity contribution is 0.0950. The second kappa shape index (κ2) is 8.72. The minimum absolute atomic E-state index is 0.283. The van der Waals surface area contributed by atoms with Crippen LogP contribution in [0.5, 0.6) is 17.2 Å². The quantitative estimate of drug-likeness (QED) is 0.485. The van der Waals surface area contributed by atoms with Gasteiger partial charge in [0.15, 0.2) is 11.5 Å². The Morgan fingerprint density at radius 2 is 1.75 bits per heavy atom. The van der Waals surface area contributed by atoms with Crippen molar-refractivity contribution in [3.05, 3.63) is 59.8 Å². The van der Waals surface area contributed by atoms with E-state index in [0.717, 1.165) is 11.1 Å². The predicted molar refractivity (Wildman–Crippen MR) is 105 cm³/mol. The molecule has 0 aliphatic rings. The van der Waals surface area contributed by atoms with Crippen molar-refractivity contribution in [2.75, 3.05) is 21.3 Å². The Kier molecular flexibility index (Phi) is 5.91. The van der Waals surface area contributed by atoms with E-state index in [-0.39, 0.29) is 5.69 Å². The Morgan fingerprint density at radius 3 is 2.50 bits per heavy atom. The lowest BCUT2D eigenvalue weighted by Gasteiger charge is -2.07. The maximum absolute atomic E-state index is 12.3. The number of ether oxygens (including phenoxy) is 3. The molecule has 144 valence electrons. The largest absolute Gasteiger partial charge is 0.496 e. The van der Waals surface area contributed by atoms with Gasteiger partial charge in [0.05, 0.1) is 33.2 Å². The van der Waals surface area contributed by atoms with Gasteiger partial charge in [-0.15, -0.1) is 0 Å². The van der Waals surface area contributed by atoms with Gasteiger partial charge in [-0.1, -0.05) is 12.1 Å². The highest BCUT2D eigenvalue weighted by Crippen LogP contribution is 2.28. The number of nitrogens with one attached hydrogen (secondary N) is 2. The molecule has 0 aliphatic carbocycles. The van der Waals surface area contributed by atoms with Gasteiger partial charge in [-0.3, -0.25) is 9.89 Å². The standard InChI is InChI=1S/C20H20N4O4/c1-26-17-7-5-4-6-14(17)15-11-16(23-22-15)20(25)24-21-12-13-8-9-18(27-2)19(10-13)28-3/h4-12H,1-3H3,(H,22,23)(H,24,25)/b21-12+. The van der Waals surface area contributed by atoms with E-state index < -0.39 is 5.91 Å². The number of hydrogen-bond donors (Lipinski definition) is 2. The smallest absolute Gasteiger partial charge is 0.289 e. The molecule has 0 radical (unpaired) electrons. The van der Waals surface area contributed by atoms with Gasteiger partial charge in [-0.2, -0.15) is 10.2 Å². The van der Waals surface area contributed by atoms with Crippen molar-refractivity contribution in [1.29, 1.82) is 0 Å². The van der Waals surface area contributed by atoms with Crippen LogP contribution >= 0.6 is 0 Å². The number of amides is 1. The number of H-pyrrole nitrogens is 1. The number of nitrogens with zero attached hydrogens (tertiary/aromatic N) is 2. The average Bonchev–Trinajstić information content (AvgIpc) is 3.23. The molecule has 0 saturated heterocycles. The van der Waals surface area contributed by atoms with E-state index in [0.29, 0.717) is 22.9 Å². The average molecular weight is 380 g/mol. The molecule has 1 aromatic heterocycles. The number of aromatic amines is 1. The Balaban J connectivity index is 1.69. The zero-order valence-electron chi connectivity index (χ0n) is 15.7. The van der Waals surface area contributed by atoms with Crippen molar-refractivity contribution in [1.82, 2.24) is 15.6 Å². The molecule has 0 aliphatic heterocycles. The number of carbonyl (C=O) groups is 1. The first-order chi connectivity index (χ1) is 13.7. The fourth-order valence-corrected chi connectivity index (χ4v) is 2.59. The first kappa shape index (κ1) is 19.0. The number of para-hydroxylation sites is 1. The van der Waals surface area contributed by atoms with Crippen LogP contribution in [0, 0.1) is 0 Å². The molecule has 3 aromatic rings. The topological polar surface area (TPSA) is 97.8 Å². The number of benzene rings is 2. The third-order valence-corrected chi connectivity index (χ3v) is 3.99. The van der Waals surface area contributed by atoms with Crippen molar-refractivity contribution >= 4 is 12.1 Å². The third-order valence-electron chi connectivity index (χ3n) is 3.99. The highest BCUT2D eigenvalue weighted by atomic mass is 16.5. The van der Waals surface area contributed by atoms with E-state index >= 15 is 0 Å². The summed E-state index contributed by atoms with van der Waals surface area (Å²) in [7, 11) is 4.70. The van der Waals surface area contributed by atoms with Gasteiger partial charge in [-0.05, 0) is 42.0 Å². The molecule has 0 unspecified atom stereocenters. The zero-order valence-corrected chi connectivity index (χ0v) is 15.7. The van der Waals surface area contributed by atoms with Crippen LogP contribution < -0.4 is 19.6 Å². The Labute approximate surface area is 162 Å². The van der Waals surface area contributed by atoms with Crippen molar-refractivity contribution in [2.24, 2.45) is 5.10 Å². The monoisotopic (exact) mass is 380 g/mol. The minimum atomic E-state index is -0.412. The first-order valence-electron chi connectivity index (χ1n) is 8.40. The van der Waals surface area contributed by atoms with E-state index in [9.17, 15) is 4.79 Å². The normalized spacial score (nSPS) is 10.7. The molecule has 8 heteroatoms. The molecule has 8 nitrogen and oxygen atoms in total. The Morgan fingerprint density at radius 1 is 1.00 bits per heavy atom. The summed E-state index contributed by atoms with van der Waals surface area (Å²) in [5, 5.41) is 10.9. The third kappa shape index (κ3) is 4.12. The lowest BCUT2D eigenvalue weighted by atomic mass is 10.1. The number of aromatic nitrogens is 2. The maximum atomic E-state index is 12.3. The number of carbonyl (C=O) groups excluding carboxylic acids is 1. The number of methoxy groups -OCH3 is 3. The van der Waals surface area contributed by atoms with Crippen molar-refractivity contribution < 1.29 is 19.0 Å². The number of hydrazone groups is 1. The molecule has 28 heavy (non-hydrogen) atoms. The molecule has 2 N–H and O–H groups in total. The van der Waals surface area contributed by atoms with Gasteiger partial charge in [0.25, 0.3) is 5.91 Å². The van der Waals surface area contributed by atoms with Crippen LogP contribution in [0.25, 0.3) is 11.3 Å². The summed E-state index contributed by atoms with van der Waals surface area (Å²) in [6.07, 6.45) is 1.51. The molecule has 2 aromatic carbocycles.